The van der Waals surface area contributed by atoms with Crippen molar-refractivity contribution in [3.63, 3.8) is 0 Å². The summed E-state index contributed by atoms with van der Waals surface area (Å²) in [5.41, 5.74) is 0. The van der Waals surface area contributed by atoms with Gasteiger partial charge in [0.05, 0.1) is 5.92 Å². The molecule has 0 aromatic carbocycles. The number of carboxylic acid groups (broad SMARTS) is 1. The Bertz CT molecular complexity index is 227. The van der Waals surface area contributed by atoms with E-state index in [1.54, 1.807) is 6.92 Å². The van der Waals surface area contributed by atoms with Crippen LogP contribution in [0.3, 0.4) is 0 Å². The molecule has 1 atom stereocenters. The van der Waals surface area contributed by atoms with Crippen LogP contribution in [-0.2, 0) is 4.79 Å². The highest BCUT2D eigenvalue weighted by Gasteiger charge is 2.20. The van der Waals surface area contributed by atoms with Gasteiger partial charge in [-0.15, -0.1) is 0 Å². The van der Waals surface area contributed by atoms with Gasteiger partial charge in [-0.25, -0.2) is 0 Å². The minimum atomic E-state index is -0.684. The van der Waals surface area contributed by atoms with Crippen molar-refractivity contribution in [1.82, 2.24) is 10.2 Å². The number of aliphatic carboxylic acids is 1. The number of nitrogens with zero attached hydrogens (tertiary/aromatic N) is 1. The highest BCUT2D eigenvalue weighted by molar-refractivity contribution is 5.69. The van der Waals surface area contributed by atoms with Gasteiger partial charge in [0.15, 0.2) is 0 Å². The van der Waals surface area contributed by atoms with Gasteiger partial charge in [0.25, 0.3) is 0 Å². The molecule has 0 spiro atoms. The number of hydrogen-bond donors (Lipinski definition) is 2. The first-order valence-corrected chi connectivity index (χ1v) is 6.79. The van der Waals surface area contributed by atoms with Crippen LogP contribution in [0.4, 0.5) is 0 Å². The summed E-state index contributed by atoms with van der Waals surface area (Å²) in [4.78, 5) is 13.2. The van der Waals surface area contributed by atoms with Gasteiger partial charge >= 0.3 is 5.97 Å². The van der Waals surface area contributed by atoms with E-state index in [4.69, 9.17) is 5.11 Å². The normalized spacial score (nSPS) is 19.5. The largest absolute Gasteiger partial charge is 0.481 e. The van der Waals surface area contributed by atoms with E-state index in [0.29, 0.717) is 6.54 Å². The summed E-state index contributed by atoms with van der Waals surface area (Å²) in [6, 6.07) is 0. The average molecular weight is 242 g/mol. The van der Waals surface area contributed by atoms with E-state index < -0.39 is 5.97 Å². The van der Waals surface area contributed by atoms with E-state index in [2.05, 4.69) is 17.1 Å². The van der Waals surface area contributed by atoms with Gasteiger partial charge in [0, 0.05) is 13.1 Å². The van der Waals surface area contributed by atoms with Gasteiger partial charge in [-0.3, -0.25) is 4.79 Å². The molecule has 1 rings (SSSR count). The second-order valence-electron chi connectivity index (χ2n) is 5.19. The molecular weight excluding hydrogens is 216 g/mol. The van der Waals surface area contributed by atoms with Crippen LogP contribution in [0.2, 0.25) is 0 Å². The number of nitrogens with one attached hydrogen (secondary N) is 1. The summed E-state index contributed by atoms with van der Waals surface area (Å²) in [7, 11) is 0. The Morgan fingerprint density at radius 1 is 1.47 bits per heavy atom. The Hall–Kier alpha value is -0.610. The van der Waals surface area contributed by atoms with E-state index in [9.17, 15) is 4.79 Å². The number of carboxylic acids is 1. The molecule has 0 amide bonds. The molecule has 17 heavy (non-hydrogen) atoms. The van der Waals surface area contributed by atoms with Crippen LogP contribution in [0.1, 0.15) is 33.1 Å². The van der Waals surface area contributed by atoms with Crippen LogP contribution >= 0.6 is 0 Å². The molecule has 4 heteroatoms. The van der Waals surface area contributed by atoms with Gasteiger partial charge < -0.3 is 15.3 Å². The molecule has 1 heterocycles. The fraction of sp³-hybridized carbons (Fsp3) is 0.923. The Kier molecular flexibility index (Phi) is 6.52. The third-order valence-corrected chi connectivity index (χ3v) is 3.47. The number of piperidine rings is 1. The van der Waals surface area contributed by atoms with Crippen LogP contribution in [-0.4, -0.2) is 48.7 Å². The van der Waals surface area contributed by atoms with Crippen molar-refractivity contribution in [2.45, 2.75) is 33.1 Å². The molecule has 4 nitrogen and oxygen atoms in total. The fourth-order valence-electron chi connectivity index (χ4n) is 2.47. The monoisotopic (exact) mass is 242 g/mol. The SMILES string of the molecule is CCCN(CC1CCNCC1)CC(C)C(=O)O. The molecule has 0 aromatic rings. The molecule has 0 aliphatic carbocycles. The predicted octanol–water partition coefficient (Wildman–Crippen LogP) is 1.42. The van der Waals surface area contributed by atoms with Crippen molar-refractivity contribution < 1.29 is 9.90 Å². The van der Waals surface area contributed by atoms with Gasteiger partial charge in [-0.1, -0.05) is 13.8 Å². The maximum absolute atomic E-state index is 10.9. The van der Waals surface area contributed by atoms with E-state index in [1.807, 2.05) is 0 Å². The van der Waals surface area contributed by atoms with Crippen molar-refractivity contribution in [1.29, 1.82) is 0 Å². The zero-order chi connectivity index (χ0) is 12.7. The minimum Gasteiger partial charge on any atom is -0.481 e. The van der Waals surface area contributed by atoms with Crippen LogP contribution in [0.15, 0.2) is 0 Å². The first-order valence-electron chi connectivity index (χ1n) is 6.79. The van der Waals surface area contributed by atoms with Crippen LogP contribution < -0.4 is 5.32 Å². The van der Waals surface area contributed by atoms with Crippen molar-refractivity contribution >= 4 is 5.97 Å². The number of hydrogen-bond acceptors (Lipinski definition) is 3. The van der Waals surface area contributed by atoms with E-state index in [-0.39, 0.29) is 5.92 Å². The molecule has 1 aliphatic rings. The van der Waals surface area contributed by atoms with Crippen LogP contribution in [0.25, 0.3) is 0 Å². The molecule has 1 fully saturated rings. The average Bonchev–Trinajstić information content (AvgIpc) is 2.30. The number of carbonyl (C=O) groups is 1. The molecule has 1 unspecified atom stereocenters. The standard InChI is InChI=1S/C13H26N2O2/c1-3-8-15(9-11(2)13(16)17)10-12-4-6-14-7-5-12/h11-12,14H,3-10H2,1-2H3,(H,16,17). The molecular formula is C13H26N2O2. The lowest BCUT2D eigenvalue weighted by atomic mass is 9.97. The van der Waals surface area contributed by atoms with E-state index in [1.165, 1.54) is 12.8 Å². The molecule has 100 valence electrons. The summed E-state index contributed by atoms with van der Waals surface area (Å²) in [6.07, 6.45) is 3.54. The molecule has 2 N–H and O–H groups in total. The molecule has 0 radical (unpaired) electrons. The lowest BCUT2D eigenvalue weighted by Gasteiger charge is -2.30. The van der Waals surface area contributed by atoms with E-state index >= 15 is 0 Å². The highest BCUT2D eigenvalue weighted by Crippen LogP contribution is 2.14. The topological polar surface area (TPSA) is 52.6 Å². The van der Waals surface area contributed by atoms with Crippen molar-refractivity contribution in [3.05, 3.63) is 0 Å². The van der Waals surface area contributed by atoms with E-state index in [0.717, 1.165) is 38.5 Å². The van der Waals surface area contributed by atoms with Gasteiger partial charge in [-0.05, 0) is 44.8 Å². The predicted molar refractivity (Wildman–Crippen MR) is 69.1 cm³/mol. The molecule has 1 aliphatic heterocycles. The summed E-state index contributed by atoms with van der Waals surface area (Å²) in [6.45, 7) is 8.94. The minimum absolute atomic E-state index is 0.261. The summed E-state index contributed by atoms with van der Waals surface area (Å²) < 4.78 is 0. The maximum atomic E-state index is 10.9. The number of rotatable bonds is 7. The van der Waals surface area contributed by atoms with Gasteiger partial charge in [-0.2, -0.15) is 0 Å². The Balaban J connectivity index is 2.38. The quantitative estimate of drug-likeness (QED) is 0.709. The lowest BCUT2D eigenvalue weighted by molar-refractivity contribution is -0.141. The summed E-state index contributed by atoms with van der Waals surface area (Å²) in [5, 5.41) is 12.3. The smallest absolute Gasteiger partial charge is 0.307 e. The zero-order valence-corrected chi connectivity index (χ0v) is 11.1. The molecule has 0 bridgehead atoms. The third kappa shape index (κ3) is 5.50. The highest BCUT2D eigenvalue weighted by atomic mass is 16.4. The van der Waals surface area contributed by atoms with Crippen LogP contribution in [0, 0.1) is 11.8 Å². The second kappa shape index (κ2) is 7.67. The zero-order valence-electron chi connectivity index (χ0n) is 11.1. The van der Waals surface area contributed by atoms with Gasteiger partial charge in [0.1, 0.15) is 0 Å². The Morgan fingerprint density at radius 3 is 2.65 bits per heavy atom. The van der Waals surface area contributed by atoms with Crippen molar-refractivity contribution in [2.24, 2.45) is 11.8 Å². The lowest BCUT2D eigenvalue weighted by Crippen LogP contribution is -2.39. The Morgan fingerprint density at radius 2 is 2.12 bits per heavy atom. The van der Waals surface area contributed by atoms with Crippen molar-refractivity contribution in [3.8, 4) is 0 Å². The summed E-state index contributed by atoms with van der Waals surface area (Å²) >= 11 is 0. The second-order valence-corrected chi connectivity index (χ2v) is 5.19. The molecule has 1 saturated heterocycles. The molecule has 0 aromatic heterocycles. The fourth-order valence-corrected chi connectivity index (χ4v) is 2.47. The Labute approximate surface area is 104 Å². The first-order chi connectivity index (χ1) is 8.13. The van der Waals surface area contributed by atoms with Gasteiger partial charge in [0.2, 0.25) is 0 Å². The van der Waals surface area contributed by atoms with Crippen molar-refractivity contribution in [2.75, 3.05) is 32.7 Å². The van der Waals surface area contributed by atoms with Crippen LogP contribution in [0.5, 0.6) is 0 Å². The summed E-state index contributed by atoms with van der Waals surface area (Å²) in [5.74, 6) is -0.205. The third-order valence-electron chi connectivity index (χ3n) is 3.47. The maximum Gasteiger partial charge on any atom is 0.307 e. The molecule has 0 saturated carbocycles. The first kappa shape index (κ1) is 14.5.